The van der Waals surface area contributed by atoms with Gasteiger partial charge in [-0.2, -0.15) is 0 Å². The second-order valence-electron chi connectivity index (χ2n) is 4.71. The van der Waals surface area contributed by atoms with Gasteiger partial charge in [-0.05, 0) is 18.2 Å². The van der Waals surface area contributed by atoms with Crippen LogP contribution >= 0.6 is 0 Å². The molecule has 0 heterocycles. The van der Waals surface area contributed by atoms with E-state index in [1.807, 2.05) is 0 Å². The summed E-state index contributed by atoms with van der Waals surface area (Å²) in [6, 6.07) is 7.60. The highest BCUT2D eigenvalue weighted by molar-refractivity contribution is 6.09. The molecule has 130 valence electrons. The van der Waals surface area contributed by atoms with Crippen molar-refractivity contribution in [1.82, 2.24) is 0 Å². The Morgan fingerprint density at radius 2 is 1.60 bits per heavy atom. The van der Waals surface area contributed by atoms with Crippen LogP contribution in [0.5, 0.6) is 11.5 Å². The number of ether oxygens (including phenoxy) is 2. The average molecular weight is 347 g/mol. The molecule has 0 aliphatic carbocycles. The number of carbonyl (C=O) groups excluding carboxylic acids is 1. The highest BCUT2D eigenvalue weighted by Crippen LogP contribution is 2.32. The van der Waals surface area contributed by atoms with E-state index >= 15 is 0 Å². The predicted molar refractivity (Wildman–Crippen MR) is 87.3 cm³/mol. The van der Waals surface area contributed by atoms with Gasteiger partial charge in [0.05, 0.1) is 30.1 Å². The van der Waals surface area contributed by atoms with Gasteiger partial charge >= 0.3 is 0 Å². The summed E-state index contributed by atoms with van der Waals surface area (Å²) in [6.07, 6.45) is 0. The number of anilines is 1. The Balaban J connectivity index is 2.45. The number of carbonyl (C=O) groups is 1. The summed E-state index contributed by atoms with van der Waals surface area (Å²) < 4.78 is 10.2. The van der Waals surface area contributed by atoms with Gasteiger partial charge in [0.2, 0.25) is 0 Å². The van der Waals surface area contributed by atoms with E-state index in [0.29, 0.717) is 0 Å². The zero-order valence-corrected chi connectivity index (χ0v) is 13.2. The molecule has 2 aromatic carbocycles. The maximum absolute atomic E-state index is 12.5. The summed E-state index contributed by atoms with van der Waals surface area (Å²) in [5.74, 6) is -0.297. The lowest BCUT2D eigenvalue weighted by Crippen LogP contribution is -2.15. The van der Waals surface area contributed by atoms with Crippen LogP contribution in [0.2, 0.25) is 0 Å². The Labute approximate surface area is 141 Å². The molecule has 2 rings (SSSR count). The van der Waals surface area contributed by atoms with Gasteiger partial charge in [0.25, 0.3) is 17.3 Å². The Morgan fingerprint density at radius 1 is 1.00 bits per heavy atom. The molecule has 0 spiro atoms. The highest BCUT2D eigenvalue weighted by Gasteiger charge is 2.24. The lowest BCUT2D eigenvalue weighted by Gasteiger charge is -2.13. The number of non-ortho nitro benzene ring substituents is 1. The third-order valence-corrected chi connectivity index (χ3v) is 3.29. The molecular formula is C15H13N3O7. The van der Waals surface area contributed by atoms with Crippen molar-refractivity contribution in [3.05, 3.63) is 62.2 Å². The lowest BCUT2D eigenvalue weighted by atomic mass is 10.1. The first-order valence-electron chi connectivity index (χ1n) is 6.84. The van der Waals surface area contributed by atoms with Crippen molar-refractivity contribution in [3.8, 4) is 11.5 Å². The fourth-order valence-corrected chi connectivity index (χ4v) is 2.15. The molecule has 25 heavy (non-hydrogen) atoms. The van der Waals surface area contributed by atoms with Crippen LogP contribution in [0.3, 0.4) is 0 Å². The Bertz CT molecular complexity index is 829. The summed E-state index contributed by atoms with van der Waals surface area (Å²) in [5.41, 5.74) is -1.20. The van der Waals surface area contributed by atoms with Crippen molar-refractivity contribution in [2.75, 3.05) is 19.5 Å². The molecular weight excluding hydrogens is 334 g/mol. The van der Waals surface area contributed by atoms with E-state index in [1.165, 1.54) is 26.4 Å². The molecule has 0 saturated carbocycles. The maximum atomic E-state index is 12.5. The topological polar surface area (TPSA) is 134 Å². The second-order valence-corrected chi connectivity index (χ2v) is 4.71. The van der Waals surface area contributed by atoms with Gasteiger partial charge in [-0.15, -0.1) is 0 Å². The molecule has 0 bridgehead atoms. The van der Waals surface area contributed by atoms with E-state index in [9.17, 15) is 25.0 Å². The predicted octanol–water partition coefficient (Wildman–Crippen LogP) is 2.77. The number of methoxy groups -OCH3 is 2. The van der Waals surface area contributed by atoms with Gasteiger partial charge in [-0.3, -0.25) is 25.0 Å². The average Bonchev–Trinajstić information content (AvgIpc) is 2.60. The van der Waals surface area contributed by atoms with E-state index in [2.05, 4.69) is 5.32 Å². The van der Waals surface area contributed by atoms with Crippen molar-refractivity contribution in [1.29, 1.82) is 0 Å². The smallest absolute Gasteiger partial charge is 0.299 e. The minimum absolute atomic E-state index is 0.0418. The molecule has 0 aliphatic rings. The molecule has 0 aromatic heterocycles. The number of nitro groups is 2. The summed E-state index contributed by atoms with van der Waals surface area (Å²) in [6.45, 7) is 0. The highest BCUT2D eigenvalue weighted by atomic mass is 16.6. The maximum Gasteiger partial charge on any atom is 0.299 e. The number of nitro benzene ring substituents is 2. The summed E-state index contributed by atoms with van der Waals surface area (Å²) in [5, 5.41) is 24.3. The normalized spacial score (nSPS) is 10.0. The van der Waals surface area contributed by atoms with Gasteiger partial charge in [0.1, 0.15) is 22.7 Å². The zero-order chi connectivity index (χ0) is 18.6. The minimum atomic E-state index is -0.817. The molecule has 0 unspecified atom stereocenters. The van der Waals surface area contributed by atoms with Crippen LogP contribution in [0, 0.1) is 20.2 Å². The number of hydrogen-bond acceptors (Lipinski definition) is 7. The first-order chi connectivity index (χ1) is 11.9. The Kier molecular flexibility index (Phi) is 5.12. The Morgan fingerprint density at radius 3 is 2.08 bits per heavy atom. The molecule has 10 heteroatoms. The molecule has 0 atom stereocenters. The first kappa shape index (κ1) is 17.7. The summed E-state index contributed by atoms with van der Waals surface area (Å²) >= 11 is 0. The van der Waals surface area contributed by atoms with Crippen LogP contribution in [0.25, 0.3) is 0 Å². The molecule has 2 aromatic rings. The van der Waals surface area contributed by atoms with Crippen LogP contribution < -0.4 is 14.8 Å². The van der Waals surface area contributed by atoms with Crippen molar-refractivity contribution in [2.24, 2.45) is 0 Å². The zero-order valence-electron chi connectivity index (χ0n) is 13.2. The number of amides is 1. The minimum Gasteiger partial charge on any atom is -0.496 e. The number of nitrogens with one attached hydrogen (secondary N) is 1. The lowest BCUT2D eigenvalue weighted by molar-refractivity contribution is -0.393. The second kappa shape index (κ2) is 7.25. The van der Waals surface area contributed by atoms with Gasteiger partial charge in [0.15, 0.2) is 0 Å². The van der Waals surface area contributed by atoms with E-state index < -0.39 is 27.1 Å². The number of rotatable bonds is 6. The van der Waals surface area contributed by atoms with Crippen LogP contribution in [-0.2, 0) is 0 Å². The van der Waals surface area contributed by atoms with Crippen LogP contribution in [0.1, 0.15) is 10.4 Å². The van der Waals surface area contributed by atoms with Crippen LogP contribution in [0.4, 0.5) is 17.1 Å². The molecule has 0 saturated heterocycles. The van der Waals surface area contributed by atoms with E-state index in [1.54, 1.807) is 6.07 Å². The fourth-order valence-electron chi connectivity index (χ4n) is 2.15. The number of hydrogen-bond donors (Lipinski definition) is 1. The van der Waals surface area contributed by atoms with Crippen molar-refractivity contribution in [3.63, 3.8) is 0 Å². The van der Waals surface area contributed by atoms with Gasteiger partial charge in [-0.1, -0.05) is 6.07 Å². The quantitative estimate of drug-likeness (QED) is 0.627. The van der Waals surface area contributed by atoms with Gasteiger partial charge in [-0.25, -0.2) is 0 Å². The van der Waals surface area contributed by atoms with Gasteiger partial charge < -0.3 is 14.8 Å². The molecule has 1 amide bonds. The van der Waals surface area contributed by atoms with Gasteiger partial charge in [0, 0.05) is 6.07 Å². The van der Waals surface area contributed by atoms with Crippen LogP contribution in [-0.4, -0.2) is 30.0 Å². The number of benzene rings is 2. The SMILES string of the molecule is COc1cccc(OC)c1C(=O)Nc1ccc([N+](=O)[O-])cc1[N+](=O)[O-]. The first-order valence-corrected chi connectivity index (χ1v) is 6.84. The number of nitrogens with zero attached hydrogens (tertiary/aromatic N) is 2. The summed E-state index contributed by atoms with van der Waals surface area (Å²) in [4.78, 5) is 32.9. The fraction of sp³-hybridized carbons (Fsp3) is 0.133. The largest absolute Gasteiger partial charge is 0.496 e. The molecule has 0 fully saturated rings. The van der Waals surface area contributed by atoms with Crippen molar-refractivity contribution < 1.29 is 24.1 Å². The summed E-state index contributed by atoms with van der Waals surface area (Å²) in [7, 11) is 2.72. The van der Waals surface area contributed by atoms with Crippen molar-refractivity contribution in [2.45, 2.75) is 0 Å². The Hall–Kier alpha value is -3.69. The monoisotopic (exact) mass is 347 g/mol. The third-order valence-electron chi connectivity index (χ3n) is 3.29. The van der Waals surface area contributed by atoms with Crippen LogP contribution in [0.15, 0.2) is 36.4 Å². The molecule has 10 nitrogen and oxygen atoms in total. The standard InChI is InChI=1S/C15H13N3O7/c1-24-12-4-3-5-13(25-2)14(12)15(19)16-10-7-6-9(17(20)21)8-11(10)18(22)23/h3-8H,1-2H3,(H,16,19). The molecule has 0 aliphatic heterocycles. The molecule has 0 radical (unpaired) electrons. The van der Waals surface area contributed by atoms with Crippen molar-refractivity contribution >= 4 is 23.0 Å². The van der Waals surface area contributed by atoms with E-state index in [4.69, 9.17) is 9.47 Å². The third kappa shape index (κ3) is 3.63. The molecule has 1 N–H and O–H groups in total. The van der Waals surface area contributed by atoms with E-state index in [0.717, 1.165) is 18.2 Å². The van der Waals surface area contributed by atoms with E-state index in [-0.39, 0.29) is 22.7 Å².